The van der Waals surface area contributed by atoms with Gasteiger partial charge in [-0.25, -0.2) is 13.1 Å². The van der Waals surface area contributed by atoms with Gasteiger partial charge in [0.25, 0.3) is 21.6 Å². The molecule has 4 N–H and O–H groups in total. The van der Waals surface area contributed by atoms with Crippen molar-refractivity contribution in [1.82, 2.24) is 14.7 Å². The molecule has 0 spiro atoms. The molecule has 6 aromatic rings. The molecule has 2 fully saturated rings. The zero-order valence-electron chi connectivity index (χ0n) is 34.8. The van der Waals surface area contributed by atoms with Crippen LogP contribution in [-0.4, -0.2) is 92.5 Å². The molecule has 18 heteroatoms. The van der Waals surface area contributed by atoms with Gasteiger partial charge in [-0.15, -0.1) is 0 Å². The first-order chi connectivity index (χ1) is 30.9. The van der Waals surface area contributed by atoms with Crippen LogP contribution in [0.15, 0.2) is 108 Å². The van der Waals surface area contributed by atoms with Crippen LogP contribution in [0.1, 0.15) is 41.8 Å². The molecule has 0 aliphatic carbocycles. The zero-order valence-corrected chi connectivity index (χ0v) is 36.3. The van der Waals surface area contributed by atoms with Crippen LogP contribution in [0.4, 0.5) is 28.4 Å². The number of nitrogens with zero attached hydrogens (tertiary/aromatic N) is 4. The molecule has 64 heavy (non-hydrogen) atoms. The van der Waals surface area contributed by atoms with Gasteiger partial charge < -0.3 is 39.4 Å². The van der Waals surface area contributed by atoms with Gasteiger partial charge in [-0.2, -0.15) is 4.98 Å². The largest absolute Gasteiger partial charge is 0.471 e. The number of halogens is 1. The lowest BCUT2D eigenvalue weighted by Crippen LogP contribution is -2.38. The van der Waals surface area contributed by atoms with E-state index in [1.165, 1.54) is 12.1 Å². The fourth-order valence-electron chi connectivity index (χ4n) is 8.65. The van der Waals surface area contributed by atoms with E-state index in [0.29, 0.717) is 80.2 Å². The Bertz CT molecular complexity index is 2810. The van der Waals surface area contributed by atoms with E-state index >= 15 is 0 Å². The van der Waals surface area contributed by atoms with Gasteiger partial charge in [0.05, 0.1) is 59.6 Å². The fraction of sp³-hybridized carbons (Fsp3) is 0.304. The van der Waals surface area contributed by atoms with Crippen LogP contribution >= 0.6 is 11.6 Å². The number of benzene rings is 4. The maximum Gasteiger partial charge on any atom is 0.293 e. The predicted molar refractivity (Wildman–Crippen MR) is 243 cm³/mol. The minimum Gasteiger partial charge on any atom is -0.471 e. The summed E-state index contributed by atoms with van der Waals surface area (Å²) in [5.41, 5.74) is 4.84. The highest BCUT2D eigenvalue weighted by Crippen LogP contribution is 2.43. The number of H-pyrrole nitrogens is 1. The first-order valence-corrected chi connectivity index (χ1v) is 22.9. The Kier molecular flexibility index (Phi) is 12.2. The van der Waals surface area contributed by atoms with E-state index in [0.717, 1.165) is 33.8 Å². The number of nitro groups is 1. The number of aromatic nitrogens is 2. The summed E-state index contributed by atoms with van der Waals surface area (Å²) in [7, 11) is -4.62. The quantitative estimate of drug-likeness (QED) is 0.0691. The highest BCUT2D eigenvalue weighted by molar-refractivity contribution is 7.90. The van der Waals surface area contributed by atoms with E-state index in [9.17, 15) is 28.4 Å². The lowest BCUT2D eigenvalue weighted by atomic mass is 9.84. The van der Waals surface area contributed by atoms with Crippen LogP contribution in [0.2, 0.25) is 5.02 Å². The van der Waals surface area contributed by atoms with Crippen LogP contribution in [0, 0.1) is 16.0 Å². The predicted octanol–water partition coefficient (Wildman–Crippen LogP) is 7.61. The molecule has 3 aliphatic heterocycles. The second kappa shape index (κ2) is 18.1. The second-order valence-corrected chi connectivity index (χ2v) is 18.3. The van der Waals surface area contributed by atoms with Gasteiger partial charge in [0.2, 0.25) is 5.88 Å². The maximum absolute atomic E-state index is 14.3. The van der Waals surface area contributed by atoms with Gasteiger partial charge >= 0.3 is 0 Å². The number of aliphatic hydroxyl groups is 1. The molecule has 0 bridgehead atoms. The molecule has 16 nitrogen and oxygen atoms in total. The Morgan fingerprint density at radius 1 is 1.02 bits per heavy atom. The molecule has 9 rings (SSSR count). The highest BCUT2D eigenvalue weighted by Gasteiger charge is 2.33. The summed E-state index contributed by atoms with van der Waals surface area (Å²) in [6, 6.07) is 27.9. The molecule has 3 atom stereocenters. The van der Waals surface area contributed by atoms with Crippen molar-refractivity contribution >= 4 is 67.0 Å². The Labute approximate surface area is 374 Å². The molecule has 2 aromatic heterocycles. The number of amides is 1. The number of aromatic amines is 1. The second-order valence-electron chi connectivity index (χ2n) is 16.2. The van der Waals surface area contributed by atoms with Crippen LogP contribution < -0.4 is 24.6 Å². The molecule has 332 valence electrons. The van der Waals surface area contributed by atoms with E-state index in [1.54, 1.807) is 18.3 Å². The molecule has 2 saturated heterocycles. The summed E-state index contributed by atoms with van der Waals surface area (Å²) in [6.07, 6.45) is 1.72. The van der Waals surface area contributed by atoms with Crippen molar-refractivity contribution in [3.63, 3.8) is 0 Å². The maximum atomic E-state index is 14.3. The molecule has 4 aromatic carbocycles. The number of anilines is 4. The molecular weight excluding hydrogens is 862 g/mol. The van der Waals surface area contributed by atoms with Gasteiger partial charge in [0.1, 0.15) is 23.1 Å². The standard InChI is InChI=1S/C46H46ClN7O9S/c1-28-26-53(42-22-31-14-17-48-44(31)50-46(42)63-28)40-23-33(52-18-15-30(16-19-52)43(55)37-5-3-2-4-36(37)29-6-8-32(47)9-7-29)10-12-38(40)45(56)51-64(59,60)35-11-13-39(41(24-35)54(57)58)49-25-34-27-61-20-21-62-34/h2-14,17,22-24,28,30,34,43,49,55H,15-16,18-21,25-27H2,1H3,(H,48,50)(H,51,56)/t28-,34+,43+/m0/s1. The number of nitrogens with one attached hydrogen (secondary N) is 3. The Balaban J connectivity index is 0.996. The van der Waals surface area contributed by atoms with Crippen LogP contribution in [-0.2, 0) is 19.5 Å². The van der Waals surface area contributed by atoms with E-state index in [4.69, 9.17) is 30.8 Å². The van der Waals surface area contributed by atoms with E-state index in [-0.39, 0.29) is 35.9 Å². The van der Waals surface area contributed by atoms with Crippen molar-refractivity contribution in [2.75, 3.05) is 61.1 Å². The van der Waals surface area contributed by atoms with Gasteiger partial charge in [-0.05, 0) is 97.0 Å². The van der Waals surface area contributed by atoms with Gasteiger partial charge in [-0.3, -0.25) is 14.9 Å². The molecule has 0 saturated carbocycles. The third kappa shape index (κ3) is 8.94. The average Bonchev–Trinajstić information content (AvgIpc) is 3.77. The summed E-state index contributed by atoms with van der Waals surface area (Å²) < 4.78 is 47.1. The normalized spacial score (nSPS) is 18.5. The van der Waals surface area contributed by atoms with Gasteiger partial charge in [0, 0.05) is 48.0 Å². The van der Waals surface area contributed by atoms with Crippen molar-refractivity contribution < 1.29 is 37.5 Å². The number of nitro benzene ring substituents is 1. The zero-order chi connectivity index (χ0) is 44.5. The summed E-state index contributed by atoms with van der Waals surface area (Å²) in [5.74, 6) is -0.615. The molecule has 5 heterocycles. The number of carbonyl (C=O) groups excluding carboxylic acids is 1. The van der Waals surface area contributed by atoms with E-state index in [1.807, 2.05) is 78.6 Å². The third-order valence-corrected chi connectivity index (χ3v) is 13.5. The smallest absolute Gasteiger partial charge is 0.293 e. The first kappa shape index (κ1) is 43.0. The summed E-state index contributed by atoms with van der Waals surface area (Å²) in [6.45, 7) is 4.78. The number of hydrogen-bond donors (Lipinski definition) is 4. The number of sulfonamides is 1. The summed E-state index contributed by atoms with van der Waals surface area (Å²) >= 11 is 6.17. The lowest BCUT2D eigenvalue weighted by molar-refractivity contribution is -0.384. The summed E-state index contributed by atoms with van der Waals surface area (Å²) in [4.78, 5) is 37.2. The Morgan fingerprint density at radius 3 is 2.58 bits per heavy atom. The molecule has 0 unspecified atom stereocenters. The van der Waals surface area contributed by atoms with Gasteiger partial charge in [-0.1, -0.05) is 48.0 Å². The molecule has 1 amide bonds. The van der Waals surface area contributed by atoms with Gasteiger partial charge in [0.15, 0.2) is 0 Å². The highest BCUT2D eigenvalue weighted by atomic mass is 35.5. The number of carbonyl (C=O) groups is 1. The number of pyridine rings is 1. The van der Waals surface area contributed by atoms with E-state index in [2.05, 4.69) is 19.9 Å². The van der Waals surface area contributed by atoms with Crippen molar-refractivity contribution in [2.24, 2.45) is 5.92 Å². The van der Waals surface area contributed by atoms with E-state index < -0.39 is 37.5 Å². The number of fused-ring (bicyclic) bond motifs is 2. The van der Waals surface area contributed by atoms with Crippen molar-refractivity contribution in [2.45, 2.75) is 43.0 Å². The minimum absolute atomic E-state index is 0.0255. The minimum atomic E-state index is -4.62. The average molecular weight is 908 g/mol. The van der Waals surface area contributed by atoms with Crippen LogP contribution in [0.5, 0.6) is 5.88 Å². The Morgan fingerprint density at radius 2 is 1.81 bits per heavy atom. The van der Waals surface area contributed by atoms with Crippen LogP contribution in [0.25, 0.3) is 22.2 Å². The topological polar surface area (TPSA) is 201 Å². The molecule has 0 radical (unpaired) electrons. The van der Waals surface area contributed by atoms with Crippen molar-refractivity contribution in [1.29, 1.82) is 0 Å². The van der Waals surface area contributed by atoms with Crippen molar-refractivity contribution in [3.8, 4) is 17.0 Å². The number of aliphatic hydroxyl groups excluding tert-OH is 1. The number of piperidine rings is 1. The van der Waals surface area contributed by atoms with Crippen molar-refractivity contribution in [3.05, 3.63) is 130 Å². The number of ether oxygens (including phenoxy) is 3. The third-order valence-electron chi connectivity index (χ3n) is 11.9. The first-order valence-electron chi connectivity index (χ1n) is 21.0. The molecule has 3 aliphatic rings. The SMILES string of the molecule is C[C@H]1CN(c2cc(N3CCC([C@@H](O)c4ccccc4-c4ccc(Cl)cc4)CC3)ccc2C(=O)NS(=O)(=O)c2ccc(NC[C@@H]3COCCO3)c([N+](=O)[O-])c2)c2cc3cc[nH]c3nc2O1. The number of hydrogen-bond acceptors (Lipinski definition) is 13. The summed E-state index contributed by atoms with van der Waals surface area (Å²) in [5, 5.41) is 28.3. The monoisotopic (exact) mass is 907 g/mol. The molecular formula is C46H46ClN7O9S. The fourth-order valence-corrected chi connectivity index (χ4v) is 9.76. The van der Waals surface area contributed by atoms with Crippen LogP contribution in [0.3, 0.4) is 0 Å². The lowest BCUT2D eigenvalue weighted by Gasteiger charge is -2.38. The number of rotatable bonds is 12. The Hall–Kier alpha value is -6.24.